The van der Waals surface area contributed by atoms with Gasteiger partial charge in [-0.25, -0.2) is 4.98 Å². The Morgan fingerprint density at radius 2 is 2.24 bits per heavy atom. The molecule has 3 heterocycles. The Morgan fingerprint density at radius 3 is 2.95 bits per heavy atom. The zero-order valence-corrected chi connectivity index (χ0v) is 11.8. The first-order valence-electron chi connectivity index (χ1n) is 7.24. The molecule has 2 aromatic heterocycles. The summed E-state index contributed by atoms with van der Waals surface area (Å²) in [6.07, 6.45) is 5.84. The van der Waals surface area contributed by atoms with Gasteiger partial charge < -0.3 is 9.73 Å². The number of furan rings is 1. The molecule has 1 saturated heterocycles. The van der Waals surface area contributed by atoms with E-state index in [1.54, 1.807) is 24.6 Å². The fourth-order valence-corrected chi connectivity index (χ4v) is 2.74. The first kappa shape index (κ1) is 13.7. The van der Waals surface area contributed by atoms with Crippen LogP contribution in [0.2, 0.25) is 0 Å². The fraction of sp³-hybridized carbons (Fsp3) is 0.375. The van der Waals surface area contributed by atoms with E-state index < -0.39 is 0 Å². The van der Waals surface area contributed by atoms with E-state index in [1.807, 2.05) is 12.1 Å². The molecule has 108 valence electrons. The van der Waals surface area contributed by atoms with Crippen molar-refractivity contribution < 1.29 is 4.42 Å². The van der Waals surface area contributed by atoms with Gasteiger partial charge in [0.1, 0.15) is 11.6 Å². The zero-order valence-electron chi connectivity index (χ0n) is 11.8. The van der Waals surface area contributed by atoms with Gasteiger partial charge in [-0.05, 0) is 50.2 Å². The lowest BCUT2D eigenvalue weighted by molar-refractivity contribution is 0.225. The van der Waals surface area contributed by atoms with Gasteiger partial charge in [-0.15, -0.1) is 0 Å². The molecule has 1 fully saturated rings. The number of aromatic nitrogens is 1. The maximum absolute atomic E-state index is 8.93. The van der Waals surface area contributed by atoms with Gasteiger partial charge in [0, 0.05) is 12.7 Å². The molecular formula is C16H18N4O. The largest absolute Gasteiger partial charge is 0.468 e. The van der Waals surface area contributed by atoms with Crippen LogP contribution in [0, 0.1) is 11.3 Å². The number of nitrogens with one attached hydrogen (secondary N) is 1. The van der Waals surface area contributed by atoms with Gasteiger partial charge in [-0.2, -0.15) is 5.26 Å². The Balaban J connectivity index is 1.71. The van der Waals surface area contributed by atoms with E-state index in [2.05, 4.69) is 21.3 Å². The normalized spacial score (nSPS) is 16.5. The summed E-state index contributed by atoms with van der Waals surface area (Å²) in [5, 5.41) is 12.3. The smallest absolute Gasteiger partial charge is 0.127 e. The van der Waals surface area contributed by atoms with Crippen LogP contribution >= 0.6 is 0 Å². The molecule has 0 bridgehead atoms. The average Bonchev–Trinajstić information content (AvgIpc) is 3.21. The second-order valence-electron chi connectivity index (χ2n) is 5.20. The molecule has 1 aliphatic heterocycles. The molecule has 3 rings (SSSR count). The highest BCUT2D eigenvalue weighted by Crippen LogP contribution is 2.25. The molecule has 1 atom stereocenters. The van der Waals surface area contributed by atoms with E-state index in [1.165, 1.54) is 12.8 Å². The molecule has 0 amide bonds. The van der Waals surface area contributed by atoms with E-state index in [4.69, 9.17) is 9.68 Å². The van der Waals surface area contributed by atoms with Crippen LogP contribution in [-0.4, -0.2) is 29.5 Å². The van der Waals surface area contributed by atoms with Crippen molar-refractivity contribution in [2.45, 2.75) is 18.9 Å². The summed E-state index contributed by atoms with van der Waals surface area (Å²) < 4.78 is 5.59. The van der Waals surface area contributed by atoms with Gasteiger partial charge in [0.05, 0.1) is 23.9 Å². The Bertz CT molecular complexity index is 611. The maximum atomic E-state index is 8.93. The lowest BCUT2D eigenvalue weighted by Crippen LogP contribution is -2.30. The van der Waals surface area contributed by atoms with Crippen molar-refractivity contribution in [3.05, 3.63) is 48.0 Å². The minimum atomic E-state index is 0.204. The maximum Gasteiger partial charge on any atom is 0.127 e. The van der Waals surface area contributed by atoms with E-state index >= 15 is 0 Å². The number of nitriles is 1. The first-order valence-corrected chi connectivity index (χ1v) is 7.24. The van der Waals surface area contributed by atoms with Gasteiger partial charge >= 0.3 is 0 Å². The number of anilines is 1. The van der Waals surface area contributed by atoms with Crippen molar-refractivity contribution in [3.8, 4) is 6.07 Å². The molecule has 2 aromatic rings. The van der Waals surface area contributed by atoms with E-state index in [-0.39, 0.29) is 6.04 Å². The van der Waals surface area contributed by atoms with E-state index in [0.29, 0.717) is 5.56 Å². The number of rotatable bonds is 5. The van der Waals surface area contributed by atoms with E-state index in [9.17, 15) is 0 Å². The molecule has 0 aliphatic carbocycles. The molecule has 0 radical (unpaired) electrons. The van der Waals surface area contributed by atoms with Gasteiger partial charge in [0.25, 0.3) is 0 Å². The number of nitrogens with zero attached hydrogens (tertiary/aromatic N) is 3. The van der Waals surface area contributed by atoms with Crippen LogP contribution in [0.15, 0.2) is 41.1 Å². The van der Waals surface area contributed by atoms with Gasteiger partial charge in [0.2, 0.25) is 0 Å². The zero-order chi connectivity index (χ0) is 14.5. The van der Waals surface area contributed by atoms with Crippen LogP contribution in [0.5, 0.6) is 0 Å². The Morgan fingerprint density at radius 1 is 1.38 bits per heavy atom. The highest BCUT2D eigenvalue weighted by Gasteiger charge is 2.25. The van der Waals surface area contributed by atoms with Crippen molar-refractivity contribution in [3.63, 3.8) is 0 Å². The molecule has 1 unspecified atom stereocenters. The SMILES string of the molecule is N#Cc1ccnc(NCC(c2ccco2)N2CCCC2)c1. The average molecular weight is 282 g/mol. The summed E-state index contributed by atoms with van der Waals surface area (Å²) in [5.41, 5.74) is 0.614. The lowest BCUT2D eigenvalue weighted by Gasteiger charge is -2.26. The highest BCUT2D eigenvalue weighted by atomic mass is 16.3. The van der Waals surface area contributed by atoms with Crippen LogP contribution in [0.3, 0.4) is 0 Å². The van der Waals surface area contributed by atoms with E-state index in [0.717, 1.165) is 31.2 Å². The molecule has 0 saturated carbocycles. The third kappa shape index (κ3) is 3.23. The van der Waals surface area contributed by atoms with Gasteiger partial charge in [-0.3, -0.25) is 4.90 Å². The molecule has 0 spiro atoms. The summed E-state index contributed by atoms with van der Waals surface area (Å²) in [4.78, 5) is 6.69. The number of likely N-dealkylation sites (tertiary alicyclic amines) is 1. The van der Waals surface area contributed by atoms with Crippen LogP contribution < -0.4 is 5.32 Å². The van der Waals surface area contributed by atoms with Crippen LogP contribution in [0.4, 0.5) is 5.82 Å². The summed E-state index contributed by atoms with van der Waals surface area (Å²) in [5.74, 6) is 1.70. The predicted octanol–water partition coefficient (Wildman–Crippen LogP) is 2.80. The lowest BCUT2D eigenvalue weighted by atomic mass is 10.2. The Hall–Kier alpha value is -2.32. The Kier molecular flexibility index (Phi) is 4.17. The third-order valence-corrected chi connectivity index (χ3v) is 3.82. The van der Waals surface area contributed by atoms with Crippen LogP contribution in [0.25, 0.3) is 0 Å². The topological polar surface area (TPSA) is 65.1 Å². The summed E-state index contributed by atoms with van der Waals surface area (Å²) in [6, 6.07) is 9.74. The molecule has 5 heteroatoms. The third-order valence-electron chi connectivity index (χ3n) is 3.82. The standard InChI is InChI=1S/C16H18N4O/c17-11-13-5-6-18-16(10-13)19-12-14(15-4-3-9-21-15)20-7-1-2-8-20/h3-6,9-10,14H,1-2,7-8,12H2,(H,18,19). The first-order chi connectivity index (χ1) is 10.4. The van der Waals surface area contributed by atoms with Crippen molar-refractivity contribution in [2.24, 2.45) is 0 Å². The molecule has 1 N–H and O–H groups in total. The second kappa shape index (κ2) is 6.42. The number of hydrogen-bond donors (Lipinski definition) is 1. The summed E-state index contributed by atoms with van der Waals surface area (Å²) in [7, 11) is 0. The van der Waals surface area contributed by atoms with Crippen molar-refractivity contribution in [1.29, 1.82) is 5.26 Å². The van der Waals surface area contributed by atoms with Gasteiger partial charge in [-0.1, -0.05) is 0 Å². The number of hydrogen-bond acceptors (Lipinski definition) is 5. The van der Waals surface area contributed by atoms with Crippen LogP contribution in [-0.2, 0) is 0 Å². The van der Waals surface area contributed by atoms with Crippen molar-refractivity contribution in [2.75, 3.05) is 25.0 Å². The Labute approximate surface area is 124 Å². The molecular weight excluding hydrogens is 264 g/mol. The summed E-state index contributed by atoms with van der Waals surface area (Å²) >= 11 is 0. The fourth-order valence-electron chi connectivity index (χ4n) is 2.74. The second-order valence-corrected chi connectivity index (χ2v) is 5.20. The monoisotopic (exact) mass is 282 g/mol. The minimum Gasteiger partial charge on any atom is -0.468 e. The highest BCUT2D eigenvalue weighted by molar-refractivity contribution is 5.42. The van der Waals surface area contributed by atoms with Crippen LogP contribution in [0.1, 0.15) is 30.2 Å². The molecule has 5 nitrogen and oxygen atoms in total. The van der Waals surface area contributed by atoms with Gasteiger partial charge in [0.15, 0.2) is 0 Å². The molecule has 21 heavy (non-hydrogen) atoms. The minimum absolute atomic E-state index is 0.204. The summed E-state index contributed by atoms with van der Waals surface area (Å²) in [6.45, 7) is 2.91. The van der Waals surface area contributed by atoms with Crippen molar-refractivity contribution >= 4 is 5.82 Å². The predicted molar refractivity (Wildman–Crippen MR) is 79.7 cm³/mol. The quantitative estimate of drug-likeness (QED) is 0.913. The molecule has 1 aliphatic rings. The van der Waals surface area contributed by atoms with Crippen molar-refractivity contribution in [1.82, 2.24) is 9.88 Å². The molecule has 0 aromatic carbocycles. The number of pyridine rings is 1.